The van der Waals surface area contributed by atoms with Crippen molar-refractivity contribution in [2.75, 3.05) is 0 Å². The van der Waals surface area contributed by atoms with Crippen LogP contribution in [0.15, 0.2) is 0 Å². The molecule has 0 heterocycles. The molecular weight excluding hydrogens is 136 g/mol. The number of rotatable bonds is 2. The zero-order valence-electron chi connectivity index (χ0n) is 7.09. The largest absolute Gasteiger partial charge is 0.327 e. The van der Waals surface area contributed by atoms with Crippen LogP contribution in [0, 0.1) is 23.2 Å². The number of nitriles is 1. The highest BCUT2D eigenvalue weighted by Gasteiger charge is 2.27. The second-order valence-corrected chi connectivity index (χ2v) is 3.68. The molecule has 1 aliphatic carbocycles. The summed E-state index contributed by atoms with van der Waals surface area (Å²) in [6, 6.07) is 2.57. The molecule has 0 spiro atoms. The van der Waals surface area contributed by atoms with Gasteiger partial charge in [0, 0.05) is 12.5 Å². The highest BCUT2D eigenvalue weighted by atomic mass is 14.7. The van der Waals surface area contributed by atoms with Gasteiger partial charge in [0.15, 0.2) is 0 Å². The van der Waals surface area contributed by atoms with Crippen LogP contribution in [0.5, 0.6) is 0 Å². The predicted molar refractivity (Wildman–Crippen MR) is 44.7 cm³/mol. The highest BCUT2D eigenvalue weighted by Crippen LogP contribution is 2.32. The molecule has 1 aliphatic rings. The lowest BCUT2D eigenvalue weighted by Gasteiger charge is -2.05. The summed E-state index contributed by atoms with van der Waals surface area (Å²) in [6.07, 6.45) is 4.10. The van der Waals surface area contributed by atoms with Crippen molar-refractivity contribution in [2.24, 2.45) is 17.6 Å². The summed E-state index contributed by atoms with van der Waals surface area (Å²) < 4.78 is 0. The predicted octanol–water partition coefficient (Wildman–Crippen LogP) is 1.66. The van der Waals surface area contributed by atoms with Gasteiger partial charge in [-0.25, -0.2) is 0 Å². The molecule has 0 amide bonds. The van der Waals surface area contributed by atoms with Crippen LogP contribution in [0.1, 0.15) is 32.6 Å². The van der Waals surface area contributed by atoms with Gasteiger partial charge in [-0.15, -0.1) is 0 Å². The fourth-order valence-corrected chi connectivity index (χ4v) is 1.92. The average Bonchev–Trinajstić information content (AvgIpc) is 2.28. The standard InChI is InChI=1S/C9H16N2/c1-7-5-8(3-2-4-10)6-9(7)11/h7-9H,2-3,5-6,11H2,1H3. The zero-order chi connectivity index (χ0) is 8.27. The first-order valence-electron chi connectivity index (χ1n) is 4.36. The summed E-state index contributed by atoms with van der Waals surface area (Å²) >= 11 is 0. The van der Waals surface area contributed by atoms with Gasteiger partial charge in [0.05, 0.1) is 6.07 Å². The van der Waals surface area contributed by atoms with Gasteiger partial charge in [0.1, 0.15) is 0 Å². The van der Waals surface area contributed by atoms with E-state index in [0.717, 1.165) is 18.8 Å². The molecule has 0 bridgehead atoms. The van der Waals surface area contributed by atoms with Crippen molar-refractivity contribution < 1.29 is 0 Å². The Bertz CT molecular complexity index is 149. The van der Waals surface area contributed by atoms with Crippen LogP contribution >= 0.6 is 0 Å². The lowest BCUT2D eigenvalue weighted by Crippen LogP contribution is -2.21. The van der Waals surface area contributed by atoms with Gasteiger partial charge in [-0.3, -0.25) is 0 Å². The Morgan fingerprint density at radius 3 is 2.73 bits per heavy atom. The van der Waals surface area contributed by atoms with Gasteiger partial charge in [-0.05, 0) is 31.1 Å². The third-order valence-electron chi connectivity index (χ3n) is 2.71. The number of nitrogens with two attached hydrogens (primary N) is 1. The fraction of sp³-hybridized carbons (Fsp3) is 0.889. The first-order chi connectivity index (χ1) is 5.24. The first-order valence-corrected chi connectivity index (χ1v) is 4.36. The lowest BCUT2D eigenvalue weighted by molar-refractivity contribution is 0.485. The van der Waals surface area contributed by atoms with Gasteiger partial charge in [-0.1, -0.05) is 6.92 Å². The van der Waals surface area contributed by atoms with Crippen molar-refractivity contribution >= 4 is 0 Å². The molecule has 0 aromatic heterocycles. The Labute approximate surface area is 68.4 Å². The Morgan fingerprint density at radius 2 is 2.27 bits per heavy atom. The molecule has 2 nitrogen and oxygen atoms in total. The van der Waals surface area contributed by atoms with Crippen molar-refractivity contribution in [3.63, 3.8) is 0 Å². The van der Waals surface area contributed by atoms with Gasteiger partial charge in [0.2, 0.25) is 0 Å². The van der Waals surface area contributed by atoms with E-state index in [1.165, 1.54) is 6.42 Å². The van der Waals surface area contributed by atoms with Crippen LogP contribution in [-0.4, -0.2) is 6.04 Å². The third kappa shape index (κ3) is 2.20. The van der Waals surface area contributed by atoms with E-state index in [9.17, 15) is 0 Å². The van der Waals surface area contributed by atoms with E-state index in [0.29, 0.717) is 18.4 Å². The summed E-state index contributed by atoms with van der Waals surface area (Å²) in [5, 5.41) is 8.38. The minimum absolute atomic E-state index is 0.388. The third-order valence-corrected chi connectivity index (χ3v) is 2.71. The van der Waals surface area contributed by atoms with Crippen molar-refractivity contribution in [1.82, 2.24) is 0 Å². The maximum atomic E-state index is 8.38. The smallest absolute Gasteiger partial charge is 0.0621 e. The number of nitrogens with zero attached hydrogens (tertiary/aromatic N) is 1. The van der Waals surface area contributed by atoms with Gasteiger partial charge in [-0.2, -0.15) is 5.26 Å². The van der Waals surface area contributed by atoms with E-state index in [1.54, 1.807) is 0 Å². The van der Waals surface area contributed by atoms with E-state index in [4.69, 9.17) is 11.0 Å². The van der Waals surface area contributed by atoms with Crippen molar-refractivity contribution in [3.05, 3.63) is 0 Å². The molecule has 2 heteroatoms. The average molecular weight is 152 g/mol. The molecule has 3 atom stereocenters. The van der Waals surface area contributed by atoms with Crippen LogP contribution in [0.3, 0.4) is 0 Å². The summed E-state index contributed by atoms with van der Waals surface area (Å²) in [6.45, 7) is 2.21. The van der Waals surface area contributed by atoms with E-state index in [-0.39, 0.29) is 0 Å². The Morgan fingerprint density at radius 1 is 1.55 bits per heavy atom. The molecule has 1 fully saturated rings. The Hall–Kier alpha value is -0.550. The molecule has 62 valence electrons. The normalized spacial score (nSPS) is 37.0. The molecule has 11 heavy (non-hydrogen) atoms. The summed E-state index contributed by atoms with van der Waals surface area (Å²) in [7, 11) is 0. The van der Waals surface area contributed by atoms with Crippen LogP contribution in [-0.2, 0) is 0 Å². The molecule has 0 aromatic carbocycles. The molecule has 0 aliphatic heterocycles. The lowest BCUT2D eigenvalue weighted by atomic mass is 10.0. The molecule has 1 rings (SSSR count). The van der Waals surface area contributed by atoms with Crippen molar-refractivity contribution in [3.8, 4) is 6.07 Å². The van der Waals surface area contributed by atoms with Crippen LogP contribution in [0.4, 0.5) is 0 Å². The minimum atomic E-state index is 0.388. The van der Waals surface area contributed by atoms with E-state index >= 15 is 0 Å². The maximum absolute atomic E-state index is 8.38. The highest BCUT2D eigenvalue weighted by molar-refractivity contribution is 4.85. The summed E-state index contributed by atoms with van der Waals surface area (Å²) in [5.74, 6) is 1.39. The van der Waals surface area contributed by atoms with E-state index in [1.807, 2.05) is 0 Å². The quantitative estimate of drug-likeness (QED) is 0.654. The van der Waals surface area contributed by atoms with Crippen LogP contribution in [0.25, 0.3) is 0 Å². The van der Waals surface area contributed by atoms with E-state index < -0.39 is 0 Å². The summed E-state index contributed by atoms with van der Waals surface area (Å²) in [4.78, 5) is 0. The Balaban J connectivity index is 2.25. The first kappa shape index (κ1) is 8.55. The number of hydrogen-bond acceptors (Lipinski definition) is 2. The Kier molecular flexibility index (Phi) is 2.90. The molecular formula is C9H16N2. The van der Waals surface area contributed by atoms with Crippen LogP contribution in [0.2, 0.25) is 0 Å². The van der Waals surface area contributed by atoms with Gasteiger partial charge in [0.25, 0.3) is 0 Å². The van der Waals surface area contributed by atoms with Crippen molar-refractivity contribution in [1.29, 1.82) is 5.26 Å². The van der Waals surface area contributed by atoms with Gasteiger partial charge < -0.3 is 5.73 Å². The van der Waals surface area contributed by atoms with Crippen LogP contribution < -0.4 is 5.73 Å². The van der Waals surface area contributed by atoms with E-state index in [2.05, 4.69) is 13.0 Å². The molecule has 1 saturated carbocycles. The SMILES string of the molecule is CC1CC(CCC#N)CC1N. The molecule has 0 aromatic rings. The fourth-order valence-electron chi connectivity index (χ4n) is 1.92. The molecule has 0 saturated heterocycles. The number of hydrogen-bond donors (Lipinski definition) is 1. The molecule has 0 radical (unpaired) electrons. The second kappa shape index (κ2) is 3.73. The zero-order valence-corrected chi connectivity index (χ0v) is 7.09. The molecule has 3 unspecified atom stereocenters. The van der Waals surface area contributed by atoms with Gasteiger partial charge >= 0.3 is 0 Å². The molecule has 2 N–H and O–H groups in total. The maximum Gasteiger partial charge on any atom is 0.0621 e. The summed E-state index contributed by atoms with van der Waals surface area (Å²) in [5.41, 5.74) is 5.86. The minimum Gasteiger partial charge on any atom is -0.327 e. The van der Waals surface area contributed by atoms with Crippen molar-refractivity contribution in [2.45, 2.75) is 38.6 Å². The topological polar surface area (TPSA) is 49.8 Å². The monoisotopic (exact) mass is 152 g/mol. The second-order valence-electron chi connectivity index (χ2n) is 3.68.